The summed E-state index contributed by atoms with van der Waals surface area (Å²) in [7, 11) is 0. The monoisotopic (exact) mass is 270 g/mol. The van der Waals surface area contributed by atoms with E-state index in [1.165, 1.54) is 0 Å². The molecule has 0 fully saturated rings. The highest BCUT2D eigenvalue weighted by Gasteiger charge is 2.18. The Morgan fingerprint density at radius 2 is 1.85 bits per heavy atom. The lowest BCUT2D eigenvalue weighted by molar-refractivity contribution is -0.385. The largest absolute Gasteiger partial charge is 0.320 e. The van der Waals surface area contributed by atoms with Crippen molar-refractivity contribution in [2.75, 3.05) is 0 Å². The van der Waals surface area contributed by atoms with Gasteiger partial charge in [0.25, 0.3) is 5.69 Å². The molecule has 0 aliphatic rings. The van der Waals surface area contributed by atoms with Crippen LogP contribution in [0.5, 0.6) is 0 Å². The van der Waals surface area contributed by atoms with Gasteiger partial charge in [0, 0.05) is 12.1 Å². The maximum atomic E-state index is 11.0. The average molecular weight is 270 g/mol. The third-order valence-electron chi connectivity index (χ3n) is 3.64. The summed E-state index contributed by atoms with van der Waals surface area (Å²) in [6, 6.07) is 10.7. The zero-order chi connectivity index (χ0) is 14.9. The number of hydrogen-bond acceptors (Lipinski definition) is 3. The molecule has 2 aromatic carbocycles. The van der Waals surface area contributed by atoms with Crippen molar-refractivity contribution in [1.82, 2.24) is 0 Å². The Labute approximate surface area is 118 Å². The summed E-state index contributed by atoms with van der Waals surface area (Å²) < 4.78 is 0. The van der Waals surface area contributed by atoms with Crippen molar-refractivity contribution in [3.63, 3.8) is 0 Å². The Balaban J connectivity index is 2.54. The van der Waals surface area contributed by atoms with Crippen molar-refractivity contribution in [3.8, 4) is 0 Å². The first kappa shape index (κ1) is 14.2. The molecular weight excluding hydrogens is 252 g/mol. The van der Waals surface area contributed by atoms with E-state index in [0.717, 1.165) is 27.8 Å². The smallest absolute Gasteiger partial charge is 0.270 e. The second-order valence-electron chi connectivity index (χ2n) is 5.13. The molecule has 2 aromatic rings. The van der Waals surface area contributed by atoms with Crippen LogP contribution >= 0.6 is 0 Å². The molecular formula is C16H18N2O2. The molecule has 0 amide bonds. The average Bonchev–Trinajstić information content (AvgIpc) is 2.40. The Kier molecular flexibility index (Phi) is 3.86. The van der Waals surface area contributed by atoms with Crippen LogP contribution in [0.15, 0.2) is 36.4 Å². The zero-order valence-corrected chi connectivity index (χ0v) is 11.9. The highest BCUT2D eigenvalue weighted by atomic mass is 16.6. The Bertz CT molecular complexity index is 666. The van der Waals surface area contributed by atoms with Crippen LogP contribution in [0, 0.1) is 30.9 Å². The van der Waals surface area contributed by atoms with Crippen LogP contribution in [0.2, 0.25) is 0 Å². The van der Waals surface area contributed by atoms with E-state index in [1.807, 2.05) is 45.0 Å². The van der Waals surface area contributed by atoms with E-state index in [-0.39, 0.29) is 16.7 Å². The fourth-order valence-corrected chi connectivity index (χ4v) is 2.34. The van der Waals surface area contributed by atoms with Gasteiger partial charge in [0.1, 0.15) is 0 Å². The van der Waals surface area contributed by atoms with Gasteiger partial charge in [-0.15, -0.1) is 0 Å². The van der Waals surface area contributed by atoms with E-state index in [1.54, 1.807) is 12.1 Å². The van der Waals surface area contributed by atoms with E-state index < -0.39 is 0 Å². The Morgan fingerprint density at radius 3 is 2.45 bits per heavy atom. The summed E-state index contributed by atoms with van der Waals surface area (Å²) in [5.74, 6) is 0. The molecule has 4 nitrogen and oxygen atoms in total. The van der Waals surface area contributed by atoms with Gasteiger partial charge in [0.15, 0.2) is 0 Å². The summed E-state index contributed by atoms with van der Waals surface area (Å²) in [6.45, 7) is 5.82. The van der Waals surface area contributed by atoms with Crippen molar-refractivity contribution in [3.05, 3.63) is 74.3 Å². The summed E-state index contributed by atoms with van der Waals surface area (Å²) in [6.07, 6.45) is 0. The topological polar surface area (TPSA) is 69.2 Å². The fourth-order valence-electron chi connectivity index (χ4n) is 2.34. The number of non-ortho nitro benzene ring substituents is 1. The van der Waals surface area contributed by atoms with E-state index in [2.05, 4.69) is 0 Å². The number of rotatable bonds is 3. The molecule has 0 aliphatic heterocycles. The molecule has 2 N–H and O–H groups in total. The molecule has 0 saturated carbocycles. The van der Waals surface area contributed by atoms with E-state index in [4.69, 9.17) is 5.73 Å². The molecule has 20 heavy (non-hydrogen) atoms. The normalized spacial score (nSPS) is 12.2. The van der Waals surface area contributed by atoms with E-state index >= 15 is 0 Å². The third-order valence-corrected chi connectivity index (χ3v) is 3.64. The molecule has 1 unspecified atom stereocenters. The predicted octanol–water partition coefficient (Wildman–Crippen LogP) is 3.57. The van der Waals surface area contributed by atoms with Gasteiger partial charge in [-0.3, -0.25) is 10.1 Å². The summed E-state index contributed by atoms with van der Waals surface area (Å²) >= 11 is 0. The molecule has 0 bridgehead atoms. The number of nitro groups is 1. The molecule has 0 heterocycles. The second kappa shape index (κ2) is 5.43. The van der Waals surface area contributed by atoms with Gasteiger partial charge in [-0.1, -0.05) is 29.8 Å². The number of benzene rings is 2. The van der Waals surface area contributed by atoms with Crippen molar-refractivity contribution < 1.29 is 4.92 Å². The number of nitrogens with two attached hydrogens (primary N) is 1. The summed E-state index contributed by atoms with van der Waals surface area (Å²) in [5, 5.41) is 11.0. The lowest BCUT2D eigenvalue weighted by Crippen LogP contribution is -2.14. The Morgan fingerprint density at radius 1 is 1.15 bits per heavy atom. The van der Waals surface area contributed by atoms with Crippen LogP contribution < -0.4 is 5.73 Å². The number of hydrogen-bond donors (Lipinski definition) is 1. The van der Waals surface area contributed by atoms with Gasteiger partial charge in [-0.25, -0.2) is 0 Å². The molecule has 2 rings (SSSR count). The fraction of sp³-hybridized carbons (Fsp3) is 0.250. The summed E-state index contributed by atoms with van der Waals surface area (Å²) in [5.41, 5.74) is 11.2. The summed E-state index contributed by atoms with van der Waals surface area (Å²) in [4.78, 5) is 10.6. The van der Waals surface area contributed by atoms with Crippen LogP contribution in [-0.4, -0.2) is 4.92 Å². The molecule has 4 heteroatoms. The minimum atomic E-state index is -0.376. The standard InChI is InChI=1S/C16H18N2O2/c1-10-5-4-6-13(7-10)16(17)15-9-14(18(19)20)8-11(2)12(15)3/h4-9,16H,17H2,1-3H3. The zero-order valence-electron chi connectivity index (χ0n) is 11.9. The van der Waals surface area contributed by atoms with Gasteiger partial charge >= 0.3 is 0 Å². The molecule has 1 atom stereocenters. The maximum Gasteiger partial charge on any atom is 0.270 e. The first-order valence-corrected chi connectivity index (χ1v) is 6.48. The van der Waals surface area contributed by atoms with Crippen LogP contribution in [0.4, 0.5) is 5.69 Å². The SMILES string of the molecule is Cc1cccc(C(N)c2cc([N+](=O)[O-])cc(C)c2C)c1. The van der Waals surface area contributed by atoms with Gasteiger partial charge < -0.3 is 5.73 Å². The van der Waals surface area contributed by atoms with Crippen LogP contribution in [0.3, 0.4) is 0 Å². The van der Waals surface area contributed by atoms with Crippen molar-refractivity contribution in [2.24, 2.45) is 5.73 Å². The van der Waals surface area contributed by atoms with Gasteiger partial charge in [0.05, 0.1) is 11.0 Å². The molecule has 0 radical (unpaired) electrons. The lowest BCUT2D eigenvalue weighted by Gasteiger charge is -2.17. The second-order valence-corrected chi connectivity index (χ2v) is 5.13. The van der Waals surface area contributed by atoms with Gasteiger partial charge in [-0.2, -0.15) is 0 Å². The van der Waals surface area contributed by atoms with Crippen LogP contribution in [-0.2, 0) is 0 Å². The minimum absolute atomic E-state index is 0.0891. The first-order chi connectivity index (χ1) is 9.40. The Hall–Kier alpha value is -2.20. The molecule has 0 saturated heterocycles. The van der Waals surface area contributed by atoms with Gasteiger partial charge in [0.2, 0.25) is 0 Å². The molecule has 0 aromatic heterocycles. The quantitative estimate of drug-likeness (QED) is 0.684. The van der Waals surface area contributed by atoms with E-state index in [9.17, 15) is 10.1 Å². The maximum absolute atomic E-state index is 11.0. The predicted molar refractivity (Wildman–Crippen MR) is 79.8 cm³/mol. The van der Waals surface area contributed by atoms with Crippen molar-refractivity contribution >= 4 is 5.69 Å². The first-order valence-electron chi connectivity index (χ1n) is 6.48. The minimum Gasteiger partial charge on any atom is -0.320 e. The van der Waals surface area contributed by atoms with Crippen molar-refractivity contribution in [1.29, 1.82) is 0 Å². The lowest BCUT2D eigenvalue weighted by atomic mass is 9.92. The van der Waals surface area contributed by atoms with Crippen molar-refractivity contribution in [2.45, 2.75) is 26.8 Å². The highest BCUT2D eigenvalue weighted by Crippen LogP contribution is 2.29. The molecule has 0 aliphatic carbocycles. The highest BCUT2D eigenvalue weighted by molar-refractivity contribution is 5.48. The van der Waals surface area contributed by atoms with Crippen LogP contribution in [0.25, 0.3) is 0 Å². The molecule has 104 valence electrons. The number of aryl methyl sites for hydroxylation is 2. The third kappa shape index (κ3) is 2.70. The van der Waals surface area contributed by atoms with Crippen LogP contribution in [0.1, 0.15) is 33.9 Å². The van der Waals surface area contributed by atoms with E-state index in [0.29, 0.717) is 0 Å². The van der Waals surface area contributed by atoms with Gasteiger partial charge in [-0.05, 0) is 43.0 Å². The molecule has 0 spiro atoms. The number of nitro benzene ring substituents is 1. The number of nitrogens with zero attached hydrogens (tertiary/aromatic N) is 1.